The van der Waals surface area contributed by atoms with Gasteiger partial charge in [-0.3, -0.25) is 4.79 Å². The molecule has 1 aromatic heterocycles. The SMILES string of the molecule is CC(C)Cn1ccc2cc(NC(=O)C[C@@H]3CCC[C@H]3N)ccc21. The zero-order valence-corrected chi connectivity index (χ0v) is 14.1. The average molecular weight is 313 g/mol. The highest BCUT2D eigenvalue weighted by atomic mass is 16.1. The Labute approximate surface area is 138 Å². The van der Waals surface area contributed by atoms with Crippen molar-refractivity contribution in [3.8, 4) is 0 Å². The number of anilines is 1. The maximum absolute atomic E-state index is 12.2. The van der Waals surface area contributed by atoms with Crippen molar-refractivity contribution in [2.75, 3.05) is 5.32 Å². The van der Waals surface area contributed by atoms with E-state index in [2.05, 4.69) is 48.1 Å². The van der Waals surface area contributed by atoms with Crippen molar-refractivity contribution in [3.63, 3.8) is 0 Å². The Hall–Kier alpha value is -1.81. The molecule has 0 radical (unpaired) electrons. The monoisotopic (exact) mass is 313 g/mol. The Balaban J connectivity index is 1.67. The number of carbonyl (C=O) groups excluding carboxylic acids is 1. The molecule has 4 nitrogen and oxygen atoms in total. The van der Waals surface area contributed by atoms with Crippen molar-refractivity contribution < 1.29 is 4.79 Å². The van der Waals surface area contributed by atoms with Crippen LogP contribution in [0.4, 0.5) is 5.69 Å². The zero-order valence-electron chi connectivity index (χ0n) is 14.1. The Morgan fingerprint density at radius 2 is 2.17 bits per heavy atom. The number of nitrogens with one attached hydrogen (secondary N) is 1. The fourth-order valence-electron chi connectivity index (χ4n) is 3.60. The minimum Gasteiger partial charge on any atom is -0.347 e. The highest BCUT2D eigenvalue weighted by Crippen LogP contribution is 2.27. The van der Waals surface area contributed by atoms with Crippen LogP contribution in [0, 0.1) is 11.8 Å². The number of carbonyl (C=O) groups is 1. The van der Waals surface area contributed by atoms with Gasteiger partial charge in [0.2, 0.25) is 5.91 Å². The molecule has 3 N–H and O–H groups in total. The van der Waals surface area contributed by atoms with E-state index in [-0.39, 0.29) is 11.9 Å². The van der Waals surface area contributed by atoms with Crippen LogP contribution in [0.15, 0.2) is 30.5 Å². The molecule has 124 valence electrons. The van der Waals surface area contributed by atoms with Crippen molar-refractivity contribution in [1.29, 1.82) is 0 Å². The van der Waals surface area contributed by atoms with E-state index in [0.717, 1.165) is 31.5 Å². The van der Waals surface area contributed by atoms with E-state index in [4.69, 9.17) is 5.73 Å². The fraction of sp³-hybridized carbons (Fsp3) is 0.526. The van der Waals surface area contributed by atoms with E-state index in [0.29, 0.717) is 18.3 Å². The lowest BCUT2D eigenvalue weighted by Crippen LogP contribution is -2.28. The maximum Gasteiger partial charge on any atom is 0.224 e. The van der Waals surface area contributed by atoms with Crippen LogP contribution in [-0.2, 0) is 11.3 Å². The highest BCUT2D eigenvalue weighted by molar-refractivity contribution is 5.94. The van der Waals surface area contributed by atoms with Crippen LogP contribution in [-0.4, -0.2) is 16.5 Å². The lowest BCUT2D eigenvalue weighted by atomic mass is 10.00. The number of nitrogens with two attached hydrogens (primary N) is 1. The predicted molar refractivity (Wildman–Crippen MR) is 95.3 cm³/mol. The van der Waals surface area contributed by atoms with Crippen LogP contribution in [0.25, 0.3) is 10.9 Å². The van der Waals surface area contributed by atoms with Crippen LogP contribution in [0.5, 0.6) is 0 Å². The Bertz CT molecular complexity index is 689. The third-order valence-electron chi connectivity index (χ3n) is 4.78. The maximum atomic E-state index is 12.2. The number of hydrogen-bond donors (Lipinski definition) is 2. The molecule has 1 saturated carbocycles. The van der Waals surface area contributed by atoms with Crippen molar-refractivity contribution in [2.45, 2.75) is 52.1 Å². The second-order valence-corrected chi connectivity index (χ2v) is 7.24. The molecular formula is C19H27N3O. The summed E-state index contributed by atoms with van der Waals surface area (Å²) >= 11 is 0. The van der Waals surface area contributed by atoms with E-state index in [9.17, 15) is 4.79 Å². The number of aromatic nitrogens is 1. The largest absolute Gasteiger partial charge is 0.347 e. The van der Waals surface area contributed by atoms with Gasteiger partial charge in [0.05, 0.1) is 0 Å². The van der Waals surface area contributed by atoms with Gasteiger partial charge in [-0.05, 0) is 48.9 Å². The van der Waals surface area contributed by atoms with Crippen molar-refractivity contribution >= 4 is 22.5 Å². The normalized spacial score (nSPS) is 21.2. The summed E-state index contributed by atoms with van der Waals surface area (Å²) in [5.41, 5.74) is 8.14. The van der Waals surface area contributed by atoms with Crippen LogP contribution >= 0.6 is 0 Å². The molecule has 3 rings (SSSR count). The summed E-state index contributed by atoms with van der Waals surface area (Å²) in [5, 5.41) is 4.20. The average Bonchev–Trinajstić information content (AvgIpc) is 3.06. The third-order valence-corrected chi connectivity index (χ3v) is 4.78. The van der Waals surface area contributed by atoms with Gasteiger partial charge in [-0.15, -0.1) is 0 Å². The fourth-order valence-corrected chi connectivity index (χ4v) is 3.60. The van der Waals surface area contributed by atoms with Crippen molar-refractivity contribution in [2.24, 2.45) is 17.6 Å². The van der Waals surface area contributed by atoms with Gasteiger partial charge in [0.1, 0.15) is 0 Å². The molecule has 4 heteroatoms. The topological polar surface area (TPSA) is 60.0 Å². The van der Waals surface area contributed by atoms with E-state index in [1.165, 1.54) is 10.9 Å². The lowest BCUT2D eigenvalue weighted by Gasteiger charge is -2.15. The molecule has 2 atom stereocenters. The quantitative estimate of drug-likeness (QED) is 0.883. The first-order valence-electron chi connectivity index (χ1n) is 8.67. The van der Waals surface area contributed by atoms with Crippen LogP contribution in [0.2, 0.25) is 0 Å². The summed E-state index contributed by atoms with van der Waals surface area (Å²) in [4.78, 5) is 12.2. The second-order valence-electron chi connectivity index (χ2n) is 7.24. The first-order chi connectivity index (χ1) is 11.0. The van der Waals surface area contributed by atoms with E-state index in [1.54, 1.807) is 0 Å². The summed E-state index contributed by atoms with van der Waals surface area (Å²) in [5.74, 6) is 1.03. The van der Waals surface area contributed by atoms with Gasteiger partial charge in [0, 0.05) is 41.8 Å². The minimum atomic E-state index is 0.0771. The molecule has 0 aliphatic heterocycles. The molecular weight excluding hydrogens is 286 g/mol. The van der Waals surface area contributed by atoms with E-state index >= 15 is 0 Å². The first-order valence-corrected chi connectivity index (χ1v) is 8.67. The third kappa shape index (κ3) is 3.75. The second kappa shape index (κ2) is 6.75. The molecule has 0 unspecified atom stereocenters. The summed E-state index contributed by atoms with van der Waals surface area (Å²) in [6.45, 7) is 5.44. The van der Waals surface area contributed by atoms with Gasteiger partial charge in [-0.1, -0.05) is 20.3 Å². The summed E-state index contributed by atoms with van der Waals surface area (Å²) < 4.78 is 2.27. The molecule has 0 spiro atoms. The standard InChI is InChI=1S/C19H27N3O/c1-13(2)12-22-9-8-15-10-16(6-7-18(15)22)21-19(23)11-14-4-3-5-17(14)20/h6-10,13-14,17H,3-5,11-12,20H2,1-2H3,(H,21,23)/t14-,17+/m0/s1. The minimum absolute atomic E-state index is 0.0771. The number of hydrogen-bond acceptors (Lipinski definition) is 2. The molecule has 23 heavy (non-hydrogen) atoms. The lowest BCUT2D eigenvalue weighted by molar-refractivity contribution is -0.117. The molecule has 1 amide bonds. The van der Waals surface area contributed by atoms with Gasteiger partial charge in [0.15, 0.2) is 0 Å². The summed E-state index contributed by atoms with van der Waals surface area (Å²) in [7, 11) is 0. The van der Waals surface area contributed by atoms with Crippen LogP contribution in [0.1, 0.15) is 39.5 Å². The molecule has 0 bridgehead atoms. The van der Waals surface area contributed by atoms with Gasteiger partial charge < -0.3 is 15.6 Å². The number of nitrogens with zero attached hydrogens (tertiary/aromatic N) is 1. The van der Waals surface area contributed by atoms with E-state index < -0.39 is 0 Å². The number of amides is 1. The van der Waals surface area contributed by atoms with Crippen molar-refractivity contribution in [3.05, 3.63) is 30.5 Å². The molecule has 0 saturated heterocycles. The first kappa shape index (κ1) is 16.1. The van der Waals surface area contributed by atoms with Crippen LogP contribution in [0.3, 0.4) is 0 Å². The van der Waals surface area contributed by atoms with Crippen LogP contribution < -0.4 is 11.1 Å². The van der Waals surface area contributed by atoms with Gasteiger partial charge in [0.25, 0.3) is 0 Å². The van der Waals surface area contributed by atoms with Gasteiger partial charge in [-0.25, -0.2) is 0 Å². The highest BCUT2D eigenvalue weighted by Gasteiger charge is 2.26. The summed E-state index contributed by atoms with van der Waals surface area (Å²) in [6, 6.07) is 8.44. The molecule has 1 aromatic carbocycles. The molecule has 1 fully saturated rings. The number of fused-ring (bicyclic) bond motifs is 1. The zero-order chi connectivity index (χ0) is 16.4. The number of benzene rings is 1. The van der Waals surface area contributed by atoms with Gasteiger partial charge >= 0.3 is 0 Å². The Morgan fingerprint density at radius 1 is 1.35 bits per heavy atom. The summed E-state index contributed by atoms with van der Waals surface area (Å²) in [6.07, 6.45) is 5.93. The molecule has 1 aliphatic carbocycles. The van der Waals surface area contributed by atoms with Crippen molar-refractivity contribution in [1.82, 2.24) is 4.57 Å². The Kier molecular flexibility index (Phi) is 4.71. The van der Waals surface area contributed by atoms with Gasteiger partial charge in [-0.2, -0.15) is 0 Å². The molecule has 1 aliphatic rings. The predicted octanol–water partition coefficient (Wildman–Crippen LogP) is 3.75. The number of rotatable bonds is 5. The molecule has 1 heterocycles. The molecule has 2 aromatic rings. The van der Waals surface area contributed by atoms with E-state index in [1.807, 2.05) is 6.07 Å². The smallest absolute Gasteiger partial charge is 0.224 e. The Morgan fingerprint density at radius 3 is 2.87 bits per heavy atom.